The van der Waals surface area contributed by atoms with Gasteiger partial charge in [0.15, 0.2) is 5.82 Å². The molecule has 2 fully saturated rings. The second kappa shape index (κ2) is 14.6. The molecule has 4 rings (SSSR count). The van der Waals surface area contributed by atoms with Gasteiger partial charge in [-0.05, 0) is 44.5 Å². The van der Waals surface area contributed by atoms with E-state index < -0.39 is 24.3 Å². The quantitative estimate of drug-likeness (QED) is 0.389. The average molecular weight is 597 g/mol. The molecule has 2 aliphatic rings. The number of amides is 1. The molecule has 0 unspecified atom stereocenters. The Morgan fingerprint density at radius 2 is 1.39 bits per heavy atom. The van der Waals surface area contributed by atoms with Crippen molar-refractivity contribution in [2.45, 2.75) is 31.6 Å². The highest BCUT2D eigenvalue weighted by atomic mass is 19.4. The van der Waals surface area contributed by atoms with Crippen LogP contribution >= 0.6 is 0 Å². The van der Waals surface area contributed by atoms with Crippen molar-refractivity contribution in [1.82, 2.24) is 14.9 Å². The zero-order chi connectivity index (χ0) is 30.8. The summed E-state index contributed by atoms with van der Waals surface area (Å²) in [7, 11) is 2.17. The molecule has 41 heavy (non-hydrogen) atoms. The topological polar surface area (TPSA) is 142 Å². The number of hydrogen-bond acceptors (Lipinski definition) is 7. The molecule has 0 aliphatic carbocycles. The van der Waals surface area contributed by atoms with Gasteiger partial charge in [0.25, 0.3) is 5.91 Å². The molecule has 228 valence electrons. The Balaban J connectivity index is 0.000000349. The number of carboxylic acid groups (broad SMARTS) is 2. The molecule has 11 nitrogen and oxygen atoms in total. The molecule has 0 spiro atoms. The number of aliphatic carboxylic acids is 2. The molecule has 0 saturated carbocycles. The number of aromatic amines is 1. The van der Waals surface area contributed by atoms with Gasteiger partial charge in [-0.3, -0.25) is 4.79 Å². The van der Waals surface area contributed by atoms with Gasteiger partial charge in [-0.25, -0.2) is 14.6 Å². The maximum Gasteiger partial charge on any atom is 0.490 e. The summed E-state index contributed by atoms with van der Waals surface area (Å²) in [4.78, 5) is 44.4. The molecule has 2 aromatic rings. The highest BCUT2D eigenvalue weighted by molar-refractivity contribution is 6.03. The van der Waals surface area contributed by atoms with Gasteiger partial charge in [-0.1, -0.05) is 0 Å². The van der Waals surface area contributed by atoms with E-state index in [0.717, 1.165) is 50.6 Å². The number of H-pyrrole nitrogens is 1. The lowest BCUT2D eigenvalue weighted by Crippen LogP contribution is -2.44. The van der Waals surface area contributed by atoms with Crippen molar-refractivity contribution in [3.63, 3.8) is 0 Å². The van der Waals surface area contributed by atoms with Crippen molar-refractivity contribution in [2.75, 3.05) is 61.4 Å². The van der Waals surface area contributed by atoms with Gasteiger partial charge >= 0.3 is 24.3 Å². The van der Waals surface area contributed by atoms with E-state index in [0.29, 0.717) is 5.82 Å². The van der Waals surface area contributed by atoms with Crippen LogP contribution in [0.25, 0.3) is 0 Å². The van der Waals surface area contributed by atoms with Crippen molar-refractivity contribution in [2.24, 2.45) is 0 Å². The number of benzene rings is 1. The van der Waals surface area contributed by atoms with Crippen LogP contribution in [-0.4, -0.2) is 102 Å². The van der Waals surface area contributed by atoms with Gasteiger partial charge in [0.1, 0.15) is 0 Å². The predicted molar refractivity (Wildman–Crippen MR) is 136 cm³/mol. The number of piperazine rings is 1. The Hall–Kier alpha value is -4.02. The molecule has 0 atom stereocenters. The second-order valence-electron chi connectivity index (χ2n) is 9.04. The second-order valence-corrected chi connectivity index (χ2v) is 9.04. The first-order valence-corrected chi connectivity index (χ1v) is 12.3. The van der Waals surface area contributed by atoms with E-state index in [9.17, 15) is 31.1 Å². The van der Waals surface area contributed by atoms with E-state index in [2.05, 4.69) is 49.2 Å². The minimum absolute atomic E-state index is 0.203. The highest BCUT2D eigenvalue weighted by Gasteiger charge is 2.38. The molecular formula is C24H30F6N6O5. The number of anilines is 3. The Labute approximate surface area is 230 Å². The lowest BCUT2D eigenvalue weighted by Gasteiger charge is -2.36. The predicted octanol–water partition coefficient (Wildman–Crippen LogP) is 3.67. The fourth-order valence-corrected chi connectivity index (χ4v) is 3.85. The molecule has 0 bridgehead atoms. The third-order valence-electron chi connectivity index (χ3n) is 5.99. The summed E-state index contributed by atoms with van der Waals surface area (Å²) in [6.07, 6.45) is -3.23. The molecule has 4 N–H and O–H groups in total. The lowest BCUT2D eigenvalue weighted by molar-refractivity contribution is -0.193. The van der Waals surface area contributed by atoms with Gasteiger partial charge < -0.3 is 35.2 Å². The van der Waals surface area contributed by atoms with Gasteiger partial charge in [-0.2, -0.15) is 26.3 Å². The first kappa shape index (κ1) is 33.2. The lowest BCUT2D eigenvalue weighted by atomic mass is 10.1. The van der Waals surface area contributed by atoms with Crippen molar-refractivity contribution >= 4 is 34.9 Å². The molecular weight excluding hydrogens is 566 g/mol. The van der Waals surface area contributed by atoms with Crippen LogP contribution < -0.4 is 15.1 Å². The maximum atomic E-state index is 12.5. The smallest absolute Gasteiger partial charge is 0.475 e. The number of hydrogen-bond donors (Lipinski definition) is 4. The van der Waals surface area contributed by atoms with E-state index >= 15 is 0 Å². The van der Waals surface area contributed by atoms with Gasteiger partial charge in [0.05, 0.1) is 11.4 Å². The third-order valence-corrected chi connectivity index (χ3v) is 5.99. The van der Waals surface area contributed by atoms with Crippen LogP contribution in [0.15, 0.2) is 30.6 Å². The fraction of sp³-hybridized carbons (Fsp3) is 0.500. The Bertz CT molecular complexity index is 1120. The van der Waals surface area contributed by atoms with Gasteiger partial charge in [-0.15, -0.1) is 0 Å². The number of alkyl halides is 6. The molecule has 3 heterocycles. The molecule has 1 aromatic heterocycles. The maximum absolute atomic E-state index is 12.5. The number of rotatable bonds is 4. The van der Waals surface area contributed by atoms with Crippen molar-refractivity contribution < 1.29 is 50.9 Å². The minimum atomic E-state index is -5.08. The van der Waals surface area contributed by atoms with Gasteiger partial charge in [0, 0.05) is 57.3 Å². The Morgan fingerprint density at radius 1 is 0.854 bits per heavy atom. The SMILES string of the molecule is CN1CCN(c2ccc(NC(=O)c3ncc[nH]3)c(N3CCCCC3)c2)CC1.O=C(O)C(F)(F)F.O=C(O)C(F)(F)F. The zero-order valence-corrected chi connectivity index (χ0v) is 21.9. The Kier molecular flexibility index (Phi) is 11.8. The number of carboxylic acids is 2. The number of piperidine rings is 1. The molecule has 17 heteroatoms. The van der Waals surface area contributed by atoms with Crippen molar-refractivity contribution in [1.29, 1.82) is 0 Å². The molecule has 2 aliphatic heterocycles. The monoisotopic (exact) mass is 596 g/mol. The van der Waals surface area contributed by atoms with E-state index in [1.54, 1.807) is 12.4 Å². The summed E-state index contributed by atoms with van der Waals surface area (Å²) in [5.41, 5.74) is 3.21. The molecule has 1 aromatic carbocycles. The van der Waals surface area contributed by atoms with E-state index in [1.807, 2.05) is 6.07 Å². The van der Waals surface area contributed by atoms with Crippen LogP contribution in [-0.2, 0) is 9.59 Å². The zero-order valence-electron chi connectivity index (χ0n) is 21.9. The summed E-state index contributed by atoms with van der Waals surface area (Å²) in [5, 5.41) is 17.3. The molecule has 2 saturated heterocycles. The largest absolute Gasteiger partial charge is 0.490 e. The highest BCUT2D eigenvalue weighted by Crippen LogP contribution is 2.33. The van der Waals surface area contributed by atoms with Crippen LogP contribution in [0.3, 0.4) is 0 Å². The first-order valence-electron chi connectivity index (χ1n) is 12.3. The van der Waals surface area contributed by atoms with Crippen LogP contribution in [0.5, 0.6) is 0 Å². The number of carbonyl (C=O) groups is 3. The van der Waals surface area contributed by atoms with Crippen molar-refractivity contribution in [3.05, 3.63) is 36.4 Å². The van der Waals surface area contributed by atoms with Crippen LogP contribution in [0.2, 0.25) is 0 Å². The standard InChI is InChI=1S/C20H28N6O.2C2HF3O2/c1-24-11-13-25(14-12-24)16-5-6-17(23-20(27)19-21-7-8-22-19)18(15-16)26-9-3-2-4-10-26;2*3-2(4,5)1(6)7/h5-8,15H,2-4,9-14H2,1H3,(H,21,22)(H,23,27);2*(H,6,7). The minimum Gasteiger partial charge on any atom is -0.475 e. The fourth-order valence-electron chi connectivity index (χ4n) is 3.85. The number of imidazole rings is 1. The number of carbonyl (C=O) groups excluding carboxylic acids is 1. The summed E-state index contributed by atoms with van der Waals surface area (Å²) in [6.45, 7) is 6.31. The first-order chi connectivity index (χ1) is 19.1. The van der Waals surface area contributed by atoms with E-state index in [1.165, 1.54) is 24.9 Å². The number of likely N-dealkylation sites (N-methyl/N-ethyl adjacent to an activating group) is 1. The van der Waals surface area contributed by atoms with Crippen LogP contribution in [0.4, 0.5) is 43.4 Å². The Morgan fingerprint density at radius 3 is 1.85 bits per heavy atom. The van der Waals surface area contributed by atoms with Gasteiger partial charge in [0.2, 0.25) is 0 Å². The number of nitrogens with one attached hydrogen (secondary N) is 2. The summed E-state index contributed by atoms with van der Waals surface area (Å²) in [6, 6.07) is 6.41. The molecule has 1 amide bonds. The van der Waals surface area contributed by atoms with Crippen LogP contribution in [0, 0.1) is 0 Å². The summed E-state index contributed by atoms with van der Waals surface area (Å²) in [5.74, 6) is -5.38. The summed E-state index contributed by atoms with van der Waals surface area (Å²) < 4.78 is 63.5. The van der Waals surface area contributed by atoms with E-state index in [4.69, 9.17) is 19.8 Å². The van der Waals surface area contributed by atoms with Crippen molar-refractivity contribution in [3.8, 4) is 0 Å². The van der Waals surface area contributed by atoms with Crippen LogP contribution in [0.1, 0.15) is 29.9 Å². The van der Waals surface area contributed by atoms with E-state index in [-0.39, 0.29) is 5.91 Å². The number of nitrogens with zero attached hydrogens (tertiary/aromatic N) is 4. The normalized spacial score (nSPS) is 16.1. The summed E-state index contributed by atoms with van der Waals surface area (Å²) >= 11 is 0. The number of halogens is 6. The average Bonchev–Trinajstić information content (AvgIpc) is 3.45. The number of aromatic nitrogens is 2. The third kappa shape index (κ3) is 10.8. The molecule has 0 radical (unpaired) electrons.